The van der Waals surface area contributed by atoms with E-state index in [4.69, 9.17) is 16.3 Å². The second-order valence-corrected chi connectivity index (χ2v) is 6.46. The zero-order valence-electron chi connectivity index (χ0n) is 12.7. The van der Waals surface area contributed by atoms with E-state index in [-0.39, 0.29) is 17.6 Å². The molecule has 1 saturated heterocycles. The standard InChI is InChI=1S/C16H16ClNO4S/c1-3-10(2)22-14(19)9-18-15(20)13(23-16(18)21)8-11-5-4-6-12(17)7-11/h4-8,10H,3,9H2,1-2H3/b13-8+/t10-/m0/s1. The fraction of sp³-hybridized carbons (Fsp3) is 0.312. The van der Waals surface area contributed by atoms with Crippen molar-refractivity contribution in [3.8, 4) is 0 Å². The Morgan fingerprint density at radius 2 is 2.17 bits per heavy atom. The molecule has 7 heteroatoms. The Hall–Kier alpha value is -1.79. The molecular formula is C16H16ClNO4S. The third-order valence-corrected chi connectivity index (χ3v) is 4.36. The Kier molecular flexibility index (Phi) is 5.85. The van der Waals surface area contributed by atoms with Crippen molar-refractivity contribution >= 4 is 46.6 Å². The number of benzene rings is 1. The largest absolute Gasteiger partial charge is 0.461 e. The summed E-state index contributed by atoms with van der Waals surface area (Å²) in [6.07, 6.45) is 2.00. The number of ether oxygens (including phenoxy) is 1. The summed E-state index contributed by atoms with van der Waals surface area (Å²) in [5.41, 5.74) is 0.713. The number of rotatable bonds is 5. The van der Waals surface area contributed by atoms with Crippen molar-refractivity contribution in [1.82, 2.24) is 4.90 Å². The summed E-state index contributed by atoms with van der Waals surface area (Å²) in [6.45, 7) is 3.26. The van der Waals surface area contributed by atoms with Gasteiger partial charge in [0.1, 0.15) is 6.54 Å². The van der Waals surface area contributed by atoms with Crippen LogP contribution in [-0.2, 0) is 14.3 Å². The summed E-state index contributed by atoms with van der Waals surface area (Å²) < 4.78 is 5.10. The first-order chi connectivity index (χ1) is 10.9. The molecule has 0 spiro atoms. The molecule has 0 aromatic heterocycles. The number of nitrogens with zero attached hydrogens (tertiary/aromatic N) is 1. The average molecular weight is 354 g/mol. The Morgan fingerprint density at radius 1 is 1.43 bits per heavy atom. The molecule has 122 valence electrons. The van der Waals surface area contributed by atoms with Gasteiger partial charge in [0, 0.05) is 5.02 Å². The second kappa shape index (κ2) is 7.66. The van der Waals surface area contributed by atoms with E-state index in [9.17, 15) is 14.4 Å². The van der Waals surface area contributed by atoms with E-state index in [1.165, 1.54) is 0 Å². The van der Waals surface area contributed by atoms with Gasteiger partial charge in [0.2, 0.25) is 0 Å². The predicted octanol–water partition coefficient (Wildman–Crippen LogP) is 3.72. The lowest BCUT2D eigenvalue weighted by Gasteiger charge is -2.14. The normalized spacial score (nSPS) is 17.7. The summed E-state index contributed by atoms with van der Waals surface area (Å²) >= 11 is 6.69. The summed E-state index contributed by atoms with van der Waals surface area (Å²) in [7, 11) is 0. The van der Waals surface area contributed by atoms with Crippen LogP contribution in [0.1, 0.15) is 25.8 Å². The Balaban J connectivity index is 2.09. The Labute approximate surface area is 143 Å². The van der Waals surface area contributed by atoms with Crippen molar-refractivity contribution in [3.63, 3.8) is 0 Å². The van der Waals surface area contributed by atoms with E-state index >= 15 is 0 Å². The van der Waals surface area contributed by atoms with E-state index in [1.807, 2.05) is 6.92 Å². The Bertz CT molecular complexity index is 674. The fourth-order valence-corrected chi connectivity index (χ4v) is 2.90. The molecule has 1 aromatic rings. The van der Waals surface area contributed by atoms with Crippen molar-refractivity contribution in [1.29, 1.82) is 0 Å². The number of imide groups is 1. The minimum Gasteiger partial charge on any atom is -0.461 e. The number of esters is 1. The number of thioether (sulfide) groups is 1. The van der Waals surface area contributed by atoms with Crippen molar-refractivity contribution in [2.75, 3.05) is 6.54 Å². The minimum atomic E-state index is -0.592. The first kappa shape index (κ1) is 17.6. The number of hydrogen-bond acceptors (Lipinski definition) is 5. The lowest BCUT2D eigenvalue weighted by atomic mass is 10.2. The monoisotopic (exact) mass is 353 g/mol. The zero-order chi connectivity index (χ0) is 17.0. The smallest absolute Gasteiger partial charge is 0.326 e. The van der Waals surface area contributed by atoms with Gasteiger partial charge in [-0.1, -0.05) is 30.7 Å². The number of hydrogen-bond donors (Lipinski definition) is 0. The first-order valence-corrected chi connectivity index (χ1v) is 8.30. The third-order valence-electron chi connectivity index (χ3n) is 3.21. The molecular weight excluding hydrogens is 338 g/mol. The lowest BCUT2D eigenvalue weighted by Crippen LogP contribution is -2.35. The maximum absolute atomic E-state index is 12.3. The third kappa shape index (κ3) is 4.59. The van der Waals surface area contributed by atoms with Crippen LogP contribution in [-0.4, -0.2) is 34.7 Å². The molecule has 23 heavy (non-hydrogen) atoms. The maximum Gasteiger partial charge on any atom is 0.326 e. The molecule has 0 aliphatic carbocycles. The molecule has 1 aliphatic rings. The van der Waals surface area contributed by atoms with Gasteiger partial charge in [-0.15, -0.1) is 0 Å². The van der Waals surface area contributed by atoms with Crippen molar-refractivity contribution < 1.29 is 19.1 Å². The molecule has 0 unspecified atom stereocenters. The van der Waals surface area contributed by atoms with Crippen LogP contribution in [0.5, 0.6) is 0 Å². The summed E-state index contributed by atoms with van der Waals surface area (Å²) in [4.78, 5) is 37.1. The van der Waals surface area contributed by atoms with Gasteiger partial charge in [0.25, 0.3) is 11.1 Å². The van der Waals surface area contributed by atoms with Gasteiger partial charge in [0.15, 0.2) is 0 Å². The number of amides is 2. The average Bonchev–Trinajstić information content (AvgIpc) is 2.74. The highest BCUT2D eigenvalue weighted by molar-refractivity contribution is 8.18. The van der Waals surface area contributed by atoms with E-state index in [1.54, 1.807) is 37.3 Å². The van der Waals surface area contributed by atoms with Crippen molar-refractivity contribution in [3.05, 3.63) is 39.8 Å². The Morgan fingerprint density at radius 3 is 2.83 bits per heavy atom. The SMILES string of the molecule is CC[C@H](C)OC(=O)CN1C(=O)S/C(=C/c2cccc(Cl)c2)C1=O. The van der Waals surface area contributed by atoms with E-state index in [2.05, 4.69) is 0 Å². The van der Waals surface area contributed by atoms with E-state index in [0.717, 1.165) is 16.7 Å². The van der Waals surface area contributed by atoms with Gasteiger partial charge >= 0.3 is 5.97 Å². The molecule has 2 rings (SSSR count). The fourth-order valence-electron chi connectivity index (χ4n) is 1.86. The van der Waals surface area contributed by atoms with Crippen molar-refractivity contribution in [2.24, 2.45) is 0 Å². The molecule has 0 radical (unpaired) electrons. The highest BCUT2D eigenvalue weighted by Gasteiger charge is 2.36. The molecule has 1 fully saturated rings. The molecule has 1 aliphatic heterocycles. The molecule has 0 bridgehead atoms. The molecule has 1 atom stereocenters. The molecule has 0 saturated carbocycles. The van der Waals surface area contributed by atoms with Crippen LogP contribution < -0.4 is 0 Å². The molecule has 2 amide bonds. The van der Waals surface area contributed by atoms with E-state index in [0.29, 0.717) is 17.0 Å². The highest BCUT2D eigenvalue weighted by Crippen LogP contribution is 2.32. The van der Waals surface area contributed by atoms with Crippen LogP contribution in [0.4, 0.5) is 4.79 Å². The van der Waals surface area contributed by atoms with Gasteiger partial charge in [-0.25, -0.2) is 0 Å². The van der Waals surface area contributed by atoms with Crippen LogP contribution in [0.25, 0.3) is 6.08 Å². The molecule has 1 heterocycles. The first-order valence-electron chi connectivity index (χ1n) is 7.11. The van der Waals surface area contributed by atoms with Crippen LogP contribution in [0, 0.1) is 0 Å². The molecule has 0 N–H and O–H groups in total. The van der Waals surface area contributed by atoms with Crippen LogP contribution in [0.15, 0.2) is 29.2 Å². The van der Waals surface area contributed by atoms with Crippen LogP contribution >= 0.6 is 23.4 Å². The van der Waals surface area contributed by atoms with Gasteiger partial charge in [0.05, 0.1) is 11.0 Å². The topological polar surface area (TPSA) is 63.7 Å². The van der Waals surface area contributed by atoms with Gasteiger partial charge in [-0.05, 0) is 48.9 Å². The number of halogens is 1. The minimum absolute atomic E-state index is 0.246. The van der Waals surface area contributed by atoms with Gasteiger partial charge in [-0.2, -0.15) is 0 Å². The summed E-state index contributed by atoms with van der Waals surface area (Å²) in [5.74, 6) is -1.09. The number of carbonyl (C=O) groups is 3. The predicted molar refractivity (Wildman–Crippen MR) is 90.0 cm³/mol. The quantitative estimate of drug-likeness (QED) is 0.596. The van der Waals surface area contributed by atoms with Crippen molar-refractivity contribution in [2.45, 2.75) is 26.4 Å². The van der Waals surface area contributed by atoms with E-state index < -0.39 is 17.1 Å². The zero-order valence-corrected chi connectivity index (χ0v) is 14.3. The molecule has 5 nitrogen and oxygen atoms in total. The maximum atomic E-state index is 12.3. The van der Waals surface area contributed by atoms with Crippen LogP contribution in [0.3, 0.4) is 0 Å². The highest BCUT2D eigenvalue weighted by atomic mass is 35.5. The van der Waals surface area contributed by atoms with Gasteiger partial charge < -0.3 is 4.74 Å². The van der Waals surface area contributed by atoms with Gasteiger partial charge in [-0.3, -0.25) is 19.3 Å². The second-order valence-electron chi connectivity index (χ2n) is 5.03. The molecule has 1 aromatic carbocycles. The van der Waals surface area contributed by atoms with Crippen LogP contribution in [0.2, 0.25) is 5.02 Å². The lowest BCUT2D eigenvalue weighted by molar-refractivity contribution is -0.150. The summed E-state index contributed by atoms with van der Waals surface area (Å²) in [6, 6.07) is 6.93. The number of carbonyl (C=O) groups excluding carboxylic acids is 3. The summed E-state index contributed by atoms with van der Waals surface area (Å²) in [5, 5.41) is 0.0551.